The molecule has 1 heterocycles. The van der Waals surface area contributed by atoms with Gasteiger partial charge in [0.2, 0.25) is 5.91 Å². The Bertz CT molecular complexity index is 698. The predicted octanol–water partition coefficient (Wildman–Crippen LogP) is 4.43. The highest BCUT2D eigenvalue weighted by atomic mass is 16.6. The van der Waals surface area contributed by atoms with Crippen LogP contribution in [0.5, 0.6) is 0 Å². The molecule has 0 aromatic rings. The van der Waals surface area contributed by atoms with Crippen LogP contribution in [0.3, 0.4) is 0 Å². The molecule has 1 saturated heterocycles. The average molecular weight is 497 g/mol. The van der Waals surface area contributed by atoms with Gasteiger partial charge in [-0.25, -0.2) is 9.59 Å². The SMILES string of the molecule is COC(=O)[C@@H]1CCCN1C(=O)[C@H](CC(C)C)C[C@H](O)[C@H](CC1CCCCC1)NC(=O)OC(C)(C)C. The van der Waals surface area contributed by atoms with E-state index in [4.69, 9.17) is 9.47 Å². The third-order valence-corrected chi connectivity index (χ3v) is 7.12. The topological polar surface area (TPSA) is 105 Å². The van der Waals surface area contributed by atoms with E-state index in [9.17, 15) is 19.5 Å². The van der Waals surface area contributed by atoms with Gasteiger partial charge in [0.1, 0.15) is 11.6 Å². The van der Waals surface area contributed by atoms with Crippen LogP contribution in [-0.4, -0.2) is 65.4 Å². The zero-order valence-electron chi connectivity index (χ0n) is 22.7. The summed E-state index contributed by atoms with van der Waals surface area (Å²) in [7, 11) is 1.34. The molecule has 1 aliphatic carbocycles. The van der Waals surface area contributed by atoms with Gasteiger partial charge in [0.15, 0.2) is 0 Å². The van der Waals surface area contributed by atoms with Gasteiger partial charge in [0.25, 0.3) is 0 Å². The van der Waals surface area contributed by atoms with Crippen LogP contribution in [0.15, 0.2) is 0 Å². The second-order valence-electron chi connectivity index (χ2n) is 11.8. The highest BCUT2D eigenvalue weighted by Crippen LogP contribution is 2.31. The van der Waals surface area contributed by atoms with Gasteiger partial charge in [0, 0.05) is 12.5 Å². The number of hydrogen-bond acceptors (Lipinski definition) is 6. The fourth-order valence-corrected chi connectivity index (χ4v) is 5.52. The number of esters is 1. The molecular formula is C27H48N2O6. The maximum Gasteiger partial charge on any atom is 0.407 e. The third-order valence-electron chi connectivity index (χ3n) is 7.12. The number of carbonyl (C=O) groups excluding carboxylic acids is 3. The van der Waals surface area contributed by atoms with Crippen molar-refractivity contribution in [3.63, 3.8) is 0 Å². The Kier molecular flexibility index (Phi) is 11.3. The lowest BCUT2D eigenvalue weighted by atomic mass is 9.81. The number of likely N-dealkylation sites (tertiary alicyclic amines) is 1. The van der Waals surface area contributed by atoms with Crippen LogP contribution in [0.4, 0.5) is 4.79 Å². The van der Waals surface area contributed by atoms with Gasteiger partial charge >= 0.3 is 12.1 Å². The summed E-state index contributed by atoms with van der Waals surface area (Å²) in [5.74, 6) is -0.267. The molecule has 2 N–H and O–H groups in total. The number of nitrogens with one attached hydrogen (secondary N) is 1. The molecule has 8 heteroatoms. The number of ether oxygens (including phenoxy) is 2. The van der Waals surface area contributed by atoms with Crippen molar-refractivity contribution in [3.05, 3.63) is 0 Å². The molecule has 35 heavy (non-hydrogen) atoms. The first-order valence-corrected chi connectivity index (χ1v) is 13.5. The molecule has 2 aliphatic rings. The van der Waals surface area contributed by atoms with Crippen molar-refractivity contribution in [1.29, 1.82) is 0 Å². The average Bonchev–Trinajstić information content (AvgIpc) is 3.26. The number of hydrogen-bond donors (Lipinski definition) is 2. The van der Waals surface area contributed by atoms with E-state index in [1.807, 2.05) is 34.6 Å². The van der Waals surface area contributed by atoms with Crippen molar-refractivity contribution in [2.45, 2.75) is 123 Å². The number of rotatable bonds is 10. The van der Waals surface area contributed by atoms with E-state index in [2.05, 4.69) is 5.32 Å². The standard InChI is InChI=1S/C27H48N2O6/c1-18(2)15-20(24(31)29-14-10-13-22(29)25(32)34-6)17-23(30)21(16-19-11-8-7-9-12-19)28-26(33)35-27(3,4)5/h18-23,30H,7-17H2,1-6H3,(H,28,33)/t20-,21+,22+,23+/m1/s1. The summed E-state index contributed by atoms with van der Waals surface area (Å²) in [6.45, 7) is 10.0. The molecule has 0 spiro atoms. The second kappa shape index (κ2) is 13.5. The Morgan fingerprint density at radius 1 is 1.03 bits per heavy atom. The van der Waals surface area contributed by atoms with E-state index in [0.29, 0.717) is 31.7 Å². The van der Waals surface area contributed by atoms with Crippen LogP contribution in [-0.2, 0) is 19.1 Å². The first kappa shape index (κ1) is 29.4. The maximum atomic E-state index is 13.6. The summed E-state index contributed by atoms with van der Waals surface area (Å²) >= 11 is 0. The van der Waals surface area contributed by atoms with Crippen molar-refractivity contribution < 1.29 is 29.0 Å². The Balaban J connectivity index is 2.17. The minimum absolute atomic E-state index is 0.112. The smallest absolute Gasteiger partial charge is 0.407 e. The molecule has 202 valence electrons. The minimum atomic E-state index is -0.892. The van der Waals surface area contributed by atoms with Crippen molar-refractivity contribution in [2.24, 2.45) is 17.8 Å². The fourth-order valence-electron chi connectivity index (χ4n) is 5.52. The Labute approximate surface area is 211 Å². The first-order valence-electron chi connectivity index (χ1n) is 13.5. The number of carbonyl (C=O) groups is 3. The molecule has 0 radical (unpaired) electrons. The van der Waals surface area contributed by atoms with Gasteiger partial charge in [-0.3, -0.25) is 4.79 Å². The van der Waals surface area contributed by atoms with Crippen molar-refractivity contribution in [2.75, 3.05) is 13.7 Å². The minimum Gasteiger partial charge on any atom is -0.467 e. The summed E-state index contributed by atoms with van der Waals surface area (Å²) < 4.78 is 10.4. The van der Waals surface area contributed by atoms with E-state index in [0.717, 1.165) is 32.1 Å². The van der Waals surface area contributed by atoms with Gasteiger partial charge in [-0.15, -0.1) is 0 Å². The first-order chi connectivity index (χ1) is 16.4. The summed E-state index contributed by atoms with van der Waals surface area (Å²) in [5, 5.41) is 14.3. The van der Waals surface area contributed by atoms with Gasteiger partial charge in [-0.2, -0.15) is 0 Å². The molecule has 2 fully saturated rings. The van der Waals surface area contributed by atoms with Crippen LogP contribution in [0.1, 0.15) is 98.8 Å². The lowest BCUT2D eigenvalue weighted by Gasteiger charge is -2.34. The number of alkyl carbamates (subject to hydrolysis) is 1. The van der Waals surface area contributed by atoms with Gasteiger partial charge in [-0.1, -0.05) is 46.0 Å². The fraction of sp³-hybridized carbons (Fsp3) is 0.889. The van der Waals surface area contributed by atoms with E-state index in [1.54, 1.807) is 4.90 Å². The maximum absolute atomic E-state index is 13.6. The molecule has 2 amide bonds. The molecular weight excluding hydrogens is 448 g/mol. The largest absolute Gasteiger partial charge is 0.467 e. The van der Waals surface area contributed by atoms with E-state index in [1.165, 1.54) is 13.5 Å². The number of methoxy groups -OCH3 is 1. The molecule has 0 bridgehead atoms. The summed E-state index contributed by atoms with van der Waals surface area (Å²) in [6, 6.07) is -1.05. The van der Waals surface area contributed by atoms with E-state index < -0.39 is 35.8 Å². The van der Waals surface area contributed by atoms with Crippen LogP contribution < -0.4 is 5.32 Å². The molecule has 1 saturated carbocycles. The van der Waals surface area contributed by atoms with Crippen molar-refractivity contribution in [3.8, 4) is 0 Å². The zero-order chi connectivity index (χ0) is 26.2. The molecule has 8 nitrogen and oxygen atoms in total. The van der Waals surface area contributed by atoms with E-state index >= 15 is 0 Å². The highest BCUT2D eigenvalue weighted by Gasteiger charge is 2.39. The van der Waals surface area contributed by atoms with Crippen molar-refractivity contribution >= 4 is 18.0 Å². The van der Waals surface area contributed by atoms with Crippen LogP contribution >= 0.6 is 0 Å². The molecule has 0 aromatic carbocycles. The summed E-state index contributed by atoms with van der Waals surface area (Å²) in [6.07, 6.45) is 7.14. The molecule has 1 aliphatic heterocycles. The Morgan fingerprint density at radius 3 is 2.26 bits per heavy atom. The molecule has 4 atom stereocenters. The van der Waals surface area contributed by atoms with E-state index in [-0.39, 0.29) is 24.2 Å². The third kappa shape index (κ3) is 9.62. The summed E-state index contributed by atoms with van der Waals surface area (Å²) in [5.41, 5.74) is -0.640. The summed E-state index contributed by atoms with van der Waals surface area (Å²) in [4.78, 5) is 40.0. The number of aliphatic hydroxyl groups is 1. The van der Waals surface area contributed by atoms with Crippen LogP contribution in [0.25, 0.3) is 0 Å². The molecule has 0 unspecified atom stereocenters. The number of nitrogens with zero attached hydrogens (tertiary/aromatic N) is 1. The Hall–Kier alpha value is -1.83. The quantitative estimate of drug-likeness (QED) is 0.434. The van der Waals surface area contributed by atoms with Crippen LogP contribution in [0, 0.1) is 17.8 Å². The monoisotopic (exact) mass is 496 g/mol. The predicted molar refractivity (Wildman–Crippen MR) is 135 cm³/mol. The van der Waals surface area contributed by atoms with Gasteiger partial charge < -0.3 is 24.8 Å². The molecule has 2 rings (SSSR count). The molecule has 0 aromatic heterocycles. The highest BCUT2D eigenvalue weighted by molar-refractivity contribution is 5.86. The van der Waals surface area contributed by atoms with Crippen molar-refractivity contribution in [1.82, 2.24) is 10.2 Å². The Morgan fingerprint density at radius 2 is 1.69 bits per heavy atom. The van der Waals surface area contributed by atoms with Gasteiger partial charge in [-0.05, 0) is 64.7 Å². The number of aliphatic hydroxyl groups excluding tert-OH is 1. The normalized spacial score (nSPS) is 21.9. The lowest BCUT2D eigenvalue weighted by Crippen LogP contribution is -2.49. The number of amides is 2. The lowest BCUT2D eigenvalue weighted by molar-refractivity contribution is -0.153. The van der Waals surface area contributed by atoms with Crippen LogP contribution in [0.2, 0.25) is 0 Å². The zero-order valence-corrected chi connectivity index (χ0v) is 22.7. The second-order valence-corrected chi connectivity index (χ2v) is 11.8. The van der Waals surface area contributed by atoms with Gasteiger partial charge in [0.05, 0.1) is 19.3 Å².